The third kappa shape index (κ3) is 3.94. The van der Waals surface area contributed by atoms with Crippen LogP contribution in [0.3, 0.4) is 0 Å². The molecule has 0 spiro atoms. The molecule has 20 heavy (non-hydrogen) atoms. The summed E-state index contributed by atoms with van der Waals surface area (Å²) >= 11 is 0. The zero-order valence-electron chi connectivity index (χ0n) is 11.1. The fourth-order valence-electron chi connectivity index (χ4n) is 2.32. The highest BCUT2D eigenvalue weighted by Crippen LogP contribution is 2.27. The summed E-state index contributed by atoms with van der Waals surface area (Å²) in [6.07, 6.45) is -1.51. The molecule has 0 aromatic rings. The van der Waals surface area contributed by atoms with E-state index in [4.69, 9.17) is 10.2 Å². The molecule has 1 saturated heterocycles. The molecule has 1 unspecified atom stereocenters. The van der Waals surface area contributed by atoms with Crippen LogP contribution in [0.4, 0.5) is 4.79 Å². The highest BCUT2D eigenvalue weighted by Gasteiger charge is 2.41. The number of carboxylic acids is 1. The topological polar surface area (TPSA) is 121 Å². The van der Waals surface area contributed by atoms with E-state index in [2.05, 4.69) is 4.74 Å². The molecule has 1 heterocycles. The van der Waals surface area contributed by atoms with Crippen LogP contribution in [-0.4, -0.2) is 57.6 Å². The molecule has 1 amide bonds. The molecule has 0 radical (unpaired) electrons. The van der Waals surface area contributed by atoms with Crippen LogP contribution in [0.25, 0.3) is 0 Å². The van der Waals surface area contributed by atoms with Gasteiger partial charge in [-0.3, -0.25) is 14.5 Å². The molecule has 0 aromatic carbocycles. The smallest absolute Gasteiger partial charge is 0.408 e. The number of hydrogen-bond donors (Lipinski definition) is 2. The number of ether oxygens (including phenoxy) is 1. The number of carboxylic acid groups (broad SMARTS) is 2. The molecule has 2 atom stereocenters. The lowest BCUT2D eigenvalue weighted by Crippen LogP contribution is -2.44. The van der Waals surface area contributed by atoms with Gasteiger partial charge in [-0.15, -0.1) is 0 Å². The number of hydrogen-bond acceptors (Lipinski definition) is 5. The number of likely N-dealkylation sites (tertiary alicyclic amines) is 1. The largest absolute Gasteiger partial charge is 0.480 e. The fraction of sp³-hybridized carbons (Fsp3) is 0.667. The zero-order chi connectivity index (χ0) is 15.3. The summed E-state index contributed by atoms with van der Waals surface area (Å²) in [5, 5.41) is 18.0. The van der Waals surface area contributed by atoms with E-state index in [1.807, 2.05) is 0 Å². The van der Waals surface area contributed by atoms with Gasteiger partial charge in [0.15, 0.2) is 0 Å². The van der Waals surface area contributed by atoms with Gasteiger partial charge in [0, 0.05) is 12.5 Å². The van der Waals surface area contributed by atoms with Crippen molar-refractivity contribution in [1.82, 2.24) is 4.90 Å². The maximum absolute atomic E-state index is 11.7. The number of carbonyl (C=O) groups excluding carboxylic acids is 2. The van der Waals surface area contributed by atoms with Crippen LogP contribution in [0, 0.1) is 0 Å². The fourth-order valence-corrected chi connectivity index (χ4v) is 2.32. The maximum atomic E-state index is 11.7. The van der Waals surface area contributed by atoms with Gasteiger partial charge in [-0.1, -0.05) is 0 Å². The van der Waals surface area contributed by atoms with Crippen molar-refractivity contribution in [1.29, 1.82) is 0 Å². The molecule has 0 bridgehead atoms. The quantitative estimate of drug-likeness (QED) is 0.538. The Morgan fingerprint density at radius 1 is 1.20 bits per heavy atom. The van der Waals surface area contributed by atoms with Gasteiger partial charge in [-0.2, -0.15) is 0 Å². The van der Waals surface area contributed by atoms with Crippen LogP contribution in [0.2, 0.25) is 0 Å². The van der Waals surface area contributed by atoms with E-state index in [9.17, 15) is 19.2 Å². The first-order valence-electron chi connectivity index (χ1n) is 6.28. The van der Waals surface area contributed by atoms with Crippen molar-refractivity contribution in [2.24, 2.45) is 0 Å². The number of rotatable bonds is 6. The maximum Gasteiger partial charge on any atom is 0.408 e. The zero-order valence-corrected chi connectivity index (χ0v) is 11.1. The van der Waals surface area contributed by atoms with Gasteiger partial charge in [0.25, 0.3) is 0 Å². The van der Waals surface area contributed by atoms with Crippen LogP contribution in [-0.2, 0) is 19.1 Å². The molecule has 8 heteroatoms. The van der Waals surface area contributed by atoms with Crippen molar-refractivity contribution < 1.29 is 34.1 Å². The van der Waals surface area contributed by atoms with E-state index < -0.39 is 42.3 Å². The highest BCUT2D eigenvalue weighted by molar-refractivity contribution is 5.96. The van der Waals surface area contributed by atoms with Crippen molar-refractivity contribution in [3.05, 3.63) is 0 Å². The third-order valence-corrected chi connectivity index (χ3v) is 3.12. The Hall–Kier alpha value is -2.12. The van der Waals surface area contributed by atoms with Gasteiger partial charge in [-0.05, 0) is 19.8 Å². The number of nitrogens with zero attached hydrogens (tertiary/aromatic N) is 1. The standard InChI is InChI=1S/C12H17NO7/c1-2-20-10(15)6-8(14)5-7-3-4-9(11(16)17)13(7)12(18)19/h7,9H,2-6H2,1H3,(H,16,17)(H,18,19)/t7?,9-/m0/s1. The third-order valence-electron chi connectivity index (χ3n) is 3.12. The molecule has 1 fully saturated rings. The molecule has 2 N–H and O–H groups in total. The normalized spacial score (nSPS) is 21.6. The van der Waals surface area contributed by atoms with Crippen LogP contribution in [0.15, 0.2) is 0 Å². The second-order valence-corrected chi connectivity index (χ2v) is 4.50. The molecule has 1 rings (SSSR count). The van der Waals surface area contributed by atoms with E-state index in [0.29, 0.717) is 0 Å². The van der Waals surface area contributed by atoms with Gasteiger partial charge in [0.2, 0.25) is 0 Å². The number of carbonyl (C=O) groups is 4. The number of esters is 1. The number of ketones is 1. The van der Waals surface area contributed by atoms with Crippen LogP contribution >= 0.6 is 0 Å². The van der Waals surface area contributed by atoms with Crippen LogP contribution in [0.5, 0.6) is 0 Å². The Balaban J connectivity index is 2.62. The van der Waals surface area contributed by atoms with Crippen molar-refractivity contribution in [2.75, 3.05) is 6.61 Å². The number of aliphatic carboxylic acids is 1. The minimum absolute atomic E-state index is 0.165. The Morgan fingerprint density at radius 3 is 2.35 bits per heavy atom. The average Bonchev–Trinajstić information content (AvgIpc) is 2.72. The molecular weight excluding hydrogens is 270 g/mol. The molecule has 0 aliphatic carbocycles. The van der Waals surface area contributed by atoms with Crippen LogP contribution in [0.1, 0.15) is 32.6 Å². The Labute approximate surface area is 115 Å². The van der Waals surface area contributed by atoms with Gasteiger partial charge in [0.1, 0.15) is 18.2 Å². The first-order chi connectivity index (χ1) is 9.36. The molecule has 8 nitrogen and oxygen atoms in total. The number of amides is 1. The average molecular weight is 287 g/mol. The van der Waals surface area contributed by atoms with Crippen molar-refractivity contribution in [3.63, 3.8) is 0 Å². The van der Waals surface area contributed by atoms with Gasteiger partial charge in [-0.25, -0.2) is 9.59 Å². The monoisotopic (exact) mass is 287 g/mol. The minimum atomic E-state index is -1.37. The van der Waals surface area contributed by atoms with E-state index in [-0.39, 0.29) is 25.9 Å². The SMILES string of the molecule is CCOC(=O)CC(=O)CC1CC[C@@H](C(=O)O)N1C(=O)O. The molecule has 112 valence electrons. The van der Waals surface area contributed by atoms with E-state index in [0.717, 1.165) is 4.90 Å². The highest BCUT2D eigenvalue weighted by atomic mass is 16.5. The summed E-state index contributed by atoms with van der Waals surface area (Å²) in [6, 6.07) is -1.83. The molecule has 1 aliphatic heterocycles. The Kier molecular flexibility index (Phi) is 5.48. The van der Waals surface area contributed by atoms with Gasteiger partial charge < -0.3 is 14.9 Å². The minimum Gasteiger partial charge on any atom is -0.480 e. The van der Waals surface area contributed by atoms with Gasteiger partial charge in [0.05, 0.1) is 6.61 Å². The summed E-state index contributed by atoms with van der Waals surface area (Å²) in [7, 11) is 0. The van der Waals surface area contributed by atoms with Crippen molar-refractivity contribution in [2.45, 2.75) is 44.7 Å². The van der Waals surface area contributed by atoms with E-state index in [1.165, 1.54) is 0 Å². The summed E-state index contributed by atoms with van der Waals surface area (Å²) in [6.45, 7) is 1.78. The van der Waals surface area contributed by atoms with E-state index >= 15 is 0 Å². The number of Topliss-reactive ketones (excluding diaryl/α,β-unsaturated/α-hetero) is 1. The van der Waals surface area contributed by atoms with Crippen molar-refractivity contribution in [3.8, 4) is 0 Å². The first-order valence-corrected chi connectivity index (χ1v) is 6.28. The van der Waals surface area contributed by atoms with Crippen LogP contribution < -0.4 is 0 Å². The predicted octanol–water partition coefficient (Wildman–Crippen LogP) is 0.494. The lowest BCUT2D eigenvalue weighted by molar-refractivity contribution is -0.146. The molecular formula is C12H17NO7. The van der Waals surface area contributed by atoms with Gasteiger partial charge >= 0.3 is 18.0 Å². The Bertz CT molecular complexity index is 420. The first kappa shape index (κ1) is 15.9. The Morgan fingerprint density at radius 2 is 1.85 bits per heavy atom. The lowest BCUT2D eigenvalue weighted by Gasteiger charge is -2.24. The lowest BCUT2D eigenvalue weighted by atomic mass is 10.1. The summed E-state index contributed by atoms with van der Waals surface area (Å²) in [5.74, 6) is -2.34. The molecule has 0 aromatic heterocycles. The van der Waals surface area contributed by atoms with E-state index in [1.54, 1.807) is 6.92 Å². The molecule has 1 aliphatic rings. The molecule has 0 saturated carbocycles. The predicted molar refractivity (Wildman–Crippen MR) is 65.2 cm³/mol. The summed E-state index contributed by atoms with van der Waals surface area (Å²) < 4.78 is 4.63. The summed E-state index contributed by atoms with van der Waals surface area (Å²) in [5.41, 5.74) is 0. The second-order valence-electron chi connectivity index (χ2n) is 4.50. The van der Waals surface area contributed by atoms with Crippen molar-refractivity contribution >= 4 is 23.8 Å². The second kappa shape index (κ2) is 6.88. The summed E-state index contributed by atoms with van der Waals surface area (Å²) in [4.78, 5) is 45.6.